The molecule has 2 aromatic rings. The molecule has 3 nitrogen and oxygen atoms in total. The molecule has 1 aromatic heterocycles. The van der Waals surface area contributed by atoms with Crippen LogP contribution < -0.4 is 5.63 Å². The van der Waals surface area contributed by atoms with Gasteiger partial charge in [0.05, 0.1) is 0 Å². The van der Waals surface area contributed by atoms with E-state index in [1.807, 2.05) is 32.9 Å². The number of fused-ring (bicyclic) bond motifs is 1. The van der Waals surface area contributed by atoms with Gasteiger partial charge in [0, 0.05) is 10.8 Å². The van der Waals surface area contributed by atoms with Crippen molar-refractivity contribution in [3.05, 3.63) is 46.3 Å². The molecular formula is C15H16O3. The lowest BCUT2D eigenvalue weighted by molar-refractivity contribution is 0.0829. The number of hydrogen-bond acceptors (Lipinski definition) is 3. The molecule has 0 fully saturated rings. The highest BCUT2D eigenvalue weighted by Gasteiger charge is 2.29. The zero-order chi connectivity index (χ0) is 13.3. The van der Waals surface area contributed by atoms with Crippen LogP contribution in [0.3, 0.4) is 0 Å². The quantitative estimate of drug-likeness (QED) is 0.614. The molecular weight excluding hydrogens is 228 g/mol. The maximum atomic E-state index is 12.3. The number of carbonyl (C=O) groups excluding carboxylic acids is 1. The molecule has 0 spiro atoms. The number of carbonyl (C=O) groups is 1. The third kappa shape index (κ3) is 2.08. The van der Waals surface area contributed by atoms with Crippen LogP contribution in [0, 0.1) is 5.41 Å². The average Bonchev–Trinajstić information content (AvgIpc) is 2.37. The third-order valence-electron chi connectivity index (χ3n) is 3.38. The van der Waals surface area contributed by atoms with E-state index in [0.29, 0.717) is 12.0 Å². The van der Waals surface area contributed by atoms with Crippen molar-refractivity contribution < 1.29 is 9.21 Å². The van der Waals surface area contributed by atoms with Crippen molar-refractivity contribution in [1.82, 2.24) is 0 Å². The molecule has 0 N–H and O–H groups in total. The zero-order valence-corrected chi connectivity index (χ0v) is 10.8. The maximum absolute atomic E-state index is 12.3. The Morgan fingerprint density at radius 3 is 2.61 bits per heavy atom. The van der Waals surface area contributed by atoms with Crippen LogP contribution in [-0.4, -0.2) is 5.78 Å². The third-order valence-corrected chi connectivity index (χ3v) is 3.38. The Balaban J connectivity index is 2.62. The Bertz CT molecular complexity index is 650. The van der Waals surface area contributed by atoms with Gasteiger partial charge in [0.25, 0.3) is 0 Å². The van der Waals surface area contributed by atoms with Crippen LogP contribution in [0.15, 0.2) is 39.5 Å². The predicted octanol–water partition coefficient (Wildman–Crippen LogP) is 3.41. The summed E-state index contributed by atoms with van der Waals surface area (Å²) in [5.41, 5.74) is -0.453. The molecule has 0 atom stereocenters. The molecule has 0 saturated carbocycles. The van der Waals surface area contributed by atoms with Crippen LogP contribution in [-0.2, 0) is 0 Å². The van der Waals surface area contributed by atoms with Crippen molar-refractivity contribution in [2.45, 2.75) is 27.2 Å². The minimum atomic E-state index is -0.555. The molecule has 0 aliphatic heterocycles. The van der Waals surface area contributed by atoms with Gasteiger partial charge in [0.2, 0.25) is 0 Å². The highest BCUT2D eigenvalue weighted by Crippen LogP contribution is 2.25. The summed E-state index contributed by atoms with van der Waals surface area (Å²) < 4.78 is 5.18. The van der Waals surface area contributed by atoms with Gasteiger partial charge >= 0.3 is 5.63 Å². The fraction of sp³-hybridized carbons (Fsp3) is 0.333. The Kier molecular flexibility index (Phi) is 3.07. The summed E-state index contributed by atoms with van der Waals surface area (Å²) in [7, 11) is 0. The van der Waals surface area contributed by atoms with Gasteiger partial charge in [-0.2, -0.15) is 0 Å². The summed E-state index contributed by atoms with van der Waals surface area (Å²) in [6.07, 6.45) is 0.679. The number of hydrogen-bond donors (Lipinski definition) is 0. The first-order chi connectivity index (χ1) is 8.45. The van der Waals surface area contributed by atoms with E-state index >= 15 is 0 Å². The van der Waals surface area contributed by atoms with Crippen LogP contribution in [0.1, 0.15) is 37.6 Å². The van der Waals surface area contributed by atoms with E-state index in [0.717, 1.165) is 5.39 Å². The van der Waals surface area contributed by atoms with Gasteiger partial charge in [-0.15, -0.1) is 0 Å². The van der Waals surface area contributed by atoms with E-state index in [1.54, 1.807) is 18.2 Å². The van der Waals surface area contributed by atoms with E-state index in [-0.39, 0.29) is 11.3 Å². The van der Waals surface area contributed by atoms with Gasteiger partial charge in [-0.05, 0) is 18.6 Å². The van der Waals surface area contributed by atoms with Gasteiger partial charge in [-0.25, -0.2) is 4.79 Å². The van der Waals surface area contributed by atoms with Crippen molar-refractivity contribution in [2.24, 2.45) is 5.41 Å². The lowest BCUT2D eigenvalue weighted by Gasteiger charge is -2.20. The average molecular weight is 244 g/mol. The van der Waals surface area contributed by atoms with Gasteiger partial charge in [-0.1, -0.05) is 39.0 Å². The summed E-state index contributed by atoms with van der Waals surface area (Å²) >= 11 is 0. The molecule has 0 radical (unpaired) electrons. The minimum Gasteiger partial charge on any atom is -0.422 e. The van der Waals surface area contributed by atoms with Gasteiger partial charge < -0.3 is 4.42 Å². The fourth-order valence-electron chi connectivity index (χ4n) is 1.75. The Morgan fingerprint density at radius 2 is 1.94 bits per heavy atom. The Morgan fingerprint density at radius 1 is 1.28 bits per heavy atom. The fourth-order valence-corrected chi connectivity index (χ4v) is 1.75. The zero-order valence-electron chi connectivity index (χ0n) is 10.8. The maximum Gasteiger partial charge on any atom is 0.347 e. The van der Waals surface area contributed by atoms with Crippen molar-refractivity contribution in [3.63, 3.8) is 0 Å². The van der Waals surface area contributed by atoms with E-state index < -0.39 is 11.0 Å². The number of benzene rings is 1. The van der Waals surface area contributed by atoms with E-state index in [4.69, 9.17) is 4.42 Å². The molecule has 1 aromatic carbocycles. The molecule has 18 heavy (non-hydrogen) atoms. The van der Waals surface area contributed by atoms with Crippen molar-refractivity contribution in [3.8, 4) is 0 Å². The van der Waals surface area contributed by atoms with E-state index in [9.17, 15) is 9.59 Å². The highest BCUT2D eigenvalue weighted by atomic mass is 16.4. The second-order valence-corrected chi connectivity index (χ2v) is 5.05. The monoisotopic (exact) mass is 244 g/mol. The predicted molar refractivity (Wildman–Crippen MR) is 70.9 cm³/mol. The molecule has 0 aliphatic carbocycles. The summed E-state index contributed by atoms with van der Waals surface area (Å²) in [5, 5.41) is 0.771. The smallest absolute Gasteiger partial charge is 0.347 e. The van der Waals surface area contributed by atoms with Crippen molar-refractivity contribution >= 4 is 16.8 Å². The van der Waals surface area contributed by atoms with E-state index in [2.05, 4.69) is 0 Å². The second kappa shape index (κ2) is 4.41. The second-order valence-electron chi connectivity index (χ2n) is 5.05. The number of ketones is 1. The first-order valence-electron chi connectivity index (χ1n) is 6.03. The Labute approximate surface area is 105 Å². The van der Waals surface area contributed by atoms with Crippen LogP contribution in [0.5, 0.6) is 0 Å². The molecule has 3 heteroatoms. The lowest BCUT2D eigenvalue weighted by atomic mass is 9.82. The number of Topliss-reactive ketones (excluding diaryl/α,β-unsaturated/α-hetero) is 1. The van der Waals surface area contributed by atoms with Crippen LogP contribution >= 0.6 is 0 Å². The molecule has 94 valence electrons. The number of para-hydroxylation sites is 1. The van der Waals surface area contributed by atoms with Crippen LogP contribution in [0.25, 0.3) is 11.0 Å². The number of rotatable bonds is 3. The van der Waals surface area contributed by atoms with Crippen LogP contribution in [0.4, 0.5) is 0 Å². The minimum absolute atomic E-state index is 0.139. The Hall–Kier alpha value is -1.90. The first-order valence-corrected chi connectivity index (χ1v) is 6.03. The highest BCUT2D eigenvalue weighted by molar-refractivity contribution is 6.01. The molecule has 0 aliphatic rings. The van der Waals surface area contributed by atoms with Gasteiger partial charge in [0.1, 0.15) is 11.1 Å². The van der Waals surface area contributed by atoms with E-state index in [1.165, 1.54) is 0 Å². The SMILES string of the molecule is CCC(C)(C)C(=O)c1cc2ccccc2oc1=O. The van der Waals surface area contributed by atoms with Gasteiger partial charge in [0.15, 0.2) is 5.78 Å². The van der Waals surface area contributed by atoms with Crippen molar-refractivity contribution in [2.75, 3.05) is 0 Å². The molecule has 0 saturated heterocycles. The summed E-state index contributed by atoms with van der Waals surface area (Å²) in [4.78, 5) is 24.2. The molecule has 0 unspecified atom stereocenters. The first kappa shape index (κ1) is 12.6. The standard InChI is InChI=1S/C15H16O3/c1-4-15(2,3)13(16)11-9-10-7-5-6-8-12(10)18-14(11)17/h5-9H,4H2,1-3H3. The lowest BCUT2D eigenvalue weighted by Crippen LogP contribution is -2.28. The largest absolute Gasteiger partial charge is 0.422 e. The van der Waals surface area contributed by atoms with Crippen molar-refractivity contribution in [1.29, 1.82) is 0 Å². The molecule has 1 heterocycles. The summed E-state index contributed by atoms with van der Waals surface area (Å²) in [5.74, 6) is -0.162. The summed E-state index contributed by atoms with van der Waals surface area (Å²) in [6.45, 7) is 5.61. The molecule has 0 bridgehead atoms. The summed E-state index contributed by atoms with van der Waals surface area (Å²) in [6, 6.07) is 8.81. The normalized spacial score (nSPS) is 11.7. The topological polar surface area (TPSA) is 47.3 Å². The molecule has 2 rings (SSSR count). The van der Waals surface area contributed by atoms with Gasteiger partial charge in [-0.3, -0.25) is 4.79 Å². The van der Waals surface area contributed by atoms with Crippen LogP contribution in [0.2, 0.25) is 0 Å². The molecule has 0 amide bonds.